The molecule has 0 aromatic carbocycles. The van der Waals surface area contributed by atoms with Gasteiger partial charge in [-0.25, -0.2) is 0 Å². The van der Waals surface area contributed by atoms with E-state index in [9.17, 15) is 14.9 Å². The smallest absolute Gasteiger partial charge is 0.268 e. The molecule has 3 rings (SSSR count). The van der Waals surface area contributed by atoms with Gasteiger partial charge in [-0.2, -0.15) is 5.26 Å². The van der Waals surface area contributed by atoms with Crippen LogP contribution >= 0.6 is 0 Å². The van der Waals surface area contributed by atoms with E-state index < -0.39 is 16.3 Å². The highest BCUT2D eigenvalue weighted by atomic mass is 16.5. The maximum absolute atomic E-state index is 12.4. The summed E-state index contributed by atoms with van der Waals surface area (Å²) in [7, 11) is 19.3. The maximum Gasteiger partial charge on any atom is 0.268 e. The van der Waals surface area contributed by atoms with Crippen molar-refractivity contribution in [1.29, 1.82) is 5.26 Å². The molecule has 1 aliphatic heterocycles. The van der Waals surface area contributed by atoms with Crippen LogP contribution in [0.3, 0.4) is 0 Å². The Morgan fingerprint density at radius 3 is 2.54 bits per heavy atom. The summed E-state index contributed by atoms with van der Waals surface area (Å²) in [5.41, 5.74) is -0.336. The van der Waals surface area contributed by atoms with Crippen LogP contribution < -0.4 is 10.5 Å². The number of hydrogen-bond acceptors (Lipinski definition) is 6. The SMILES string of the molecule is [B]C([B])([B])C1(OC)CCN(c2c(C#N)c(=O)[nH]c3cnc(C(C)=O)cc23)CC1. The van der Waals surface area contributed by atoms with Crippen LogP contribution in [0.5, 0.6) is 0 Å². The quantitative estimate of drug-likeness (QED) is 0.624. The Bertz CT molecular complexity index is 1030. The third-order valence-corrected chi connectivity index (χ3v) is 5.41. The number of carbonyl (C=O) groups excluding carboxylic acids is 1. The number of nitrogens with one attached hydrogen (secondary N) is 1. The fourth-order valence-electron chi connectivity index (χ4n) is 3.71. The zero-order valence-corrected chi connectivity index (χ0v) is 15.8. The predicted octanol–water partition coefficient (Wildman–Crippen LogP) is 0.562. The second-order valence-corrected chi connectivity index (χ2v) is 7.08. The van der Waals surface area contributed by atoms with Crippen LogP contribution in [0.4, 0.5) is 5.69 Å². The van der Waals surface area contributed by atoms with E-state index in [1.165, 1.54) is 20.2 Å². The minimum atomic E-state index is -1.53. The highest BCUT2D eigenvalue weighted by molar-refractivity contribution is 6.59. The van der Waals surface area contributed by atoms with Crippen molar-refractivity contribution < 1.29 is 9.53 Å². The Kier molecular flexibility index (Phi) is 5.15. The number of anilines is 1. The molecule has 136 valence electrons. The van der Waals surface area contributed by atoms with E-state index in [1.54, 1.807) is 6.07 Å². The largest absolute Gasteiger partial charge is 0.380 e. The first kappa shape index (κ1) is 20.2. The summed E-state index contributed by atoms with van der Waals surface area (Å²) in [5.74, 6) is -0.214. The van der Waals surface area contributed by atoms with Gasteiger partial charge in [0.15, 0.2) is 5.78 Å². The number of pyridine rings is 2. The summed E-state index contributed by atoms with van der Waals surface area (Å²) >= 11 is 0. The van der Waals surface area contributed by atoms with E-state index in [0.717, 1.165) is 0 Å². The zero-order chi connectivity index (χ0) is 20.7. The number of H-pyrrole nitrogens is 1. The van der Waals surface area contributed by atoms with E-state index in [2.05, 4.69) is 9.97 Å². The number of carbonyl (C=O) groups is 1. The van der Waals surface area contributed by atoms with Crippen LogP contribution in [-0.4, -0.2) is 65.1 Å². The molecule has 1 saturated heterocycles. The van der Waals surface area contributed by atoms with Gasteiger partial charge in [0.2, 0.25) is 0 Å². The molecule has 7 nitrogen and oxygen atoms in total. The fourth-order valence-corrected chi connectivity index (χ4v) is 3.71. The Labute approximate surface area is 166 Å². The fraction of sp³-hybridized carbons (Fsp3) is 0.444. The van der Waals surface area contributed by atoms with Gasteiger partial charge in [0, 0.05) is 32.5 Å². The van der Waals surface area contributed by atoms with Crippen molar-refractivity contribution in [2.24, 2.45) is 0 Å². The number of fused-ring (bicyclic) bond motifs is 1. The summed E-state index contributed by atoms with van der Waals surface area (Å²) in [6.45, 7) is 2.22. The van der Waals surface area contributed by atoms with Crippen LogP contribution in [0.15, 0.2) is 17.1 Å². The molecule has 0 spiro atoms. The Balaban J connectivity index is 2.12. The molecule has 6 radical (unpaired) electrons. The molecule has 0 unspecified atom stereocenters. The number of aromatic nitrogens is 2. The molecule has 1 aliphatic rings. The van der Waals surface area contributed by atoms with Gasteiger partial charge in [-0.3, -0.25) is 14.6 Å². The van der Waals surface area contributed by atoms with Gasteiger partial charge < -0.3 is 14.6 Å². The van der Waals surface area contributed by atoms with Crippen molar-refractivity contribution in [3.8, 4) is 6.07 Å². The molecule has 1 fully saturated rings. The van der Waals surface area contributed by atoms with Crippen molar-refractivity contribution in [1.82, 2.24) is 9.97 Å². The lowest BCUT2D eigenvalue weighted by atomic mass is 9.35. The summed E-state index contributed by atoms with van der Waals surface area (Å²) in [4.78, 5) is 32.8. The summed E-state index contributed by atoms with van der Waals surface area (Å²) in [6, 6.07) is 3.56. The van der Waals surface area contributed by atoms with E-state index in [-0.39, 0.29) is 17.0 Å². The number of piperidine rings is 1. The molecule has 10 heteroatoms. The third kappa shape index (κ3) is 3.24. The van der Waals surface area contributed by atoms with Crippen molar-refractivity contribution in [2.75, 3.05) is 25.1 Å². The second kappa shape index (κ2) is 7.14. The monoisotopic (exact) mass is 370 g/mol. The number of ether oxygens (including phenoxy) is 1. The van der Waals surface area contributed by atoms with E-state index in [1.807, 2.05) is 11.0 Å². The number of nitriles is 1. The van der Waals surface area contributed by atoms with Crippen LogP contribution in [0.2, 0.25) is 5.11 Å². The average molecular weight is 370 g/mol. The van der Waals surface area contributed by atoms with Crippen LogP contribution in [0.1, 0.15) is 35.8 Å². The molecule has 28 heavy (non-hydrogen) atoms. The third-order valence-electron chi connectivity index (χ3n) is 5.41. The number of hydrogen-bond donors (Lipinski definition) is 1. The number of methoxy groups -OCH3 is 1. The molecule has 3 heterocycles. The second-order valence-electron chi connectivity index (χ2n) is 7.08. The minimum Gasteiger partial charge on any atom is -0.380 e. The lowest BCUT2D eigenvalue weighted by Crippen LogP contribution is -2.54. The van der Waals surface area contributed by atoms with E-state index in [0.29, 0.717) is 42.5 Å². The molecule has 2 aromatic rings. The van der Waals surface area contributed by atoms with Crippen molar-refractivity contribution in [2.45, 2.75) is 30.5 Å². The maximum atomic E-state index is 12.4. The first-order valence-corrected chi connectivity index (χ1v) is 8.77. The molecule has 0 atom stereocenters. The molecule has 0 amide bonds. The van der Waals surface area contributed by atoms with Gasteiger partial charge >= 0.3 is 0 Å². The lowest BCUT2D eigenvalue weighted by molar-refractivity contribution is -0.0286. The standard InChI is InChI=1S/C18H17B3N4O3/c1-10(26)13-7-11-14(9-23-13)24-16(27)12(8-22)15(11)25-5-3-17(28-2,4-6-25)18(19,20)21/h7,9H,3-6H2,1-2H3,(H,24,27). The molecule has 0 saturated carbocycles. The van der Waals surface area contributed by atoms with Gasteiger partial charge in [-0.1, -0.05) is 0 Å². The van der Waals surface area contributed by atoms with Gasteiger partial charge in [0.25, 0.3) is 5.56 Å². The Hall–Kier alpha value is -2.53. The Morgan fingerprint density at radius 1 is 1.39 bits per heavy atom. The zero-order valence-electron chi connectivity index (χ0n) is 15.8. The summed E-state index contributed by atoms with van der Waals surface area (Å²) in [5, 5.41) is 8.62. The highest BCUT2D eigenvalue weighted by Gasteiger charge is 2.43. The summed E-state index contributed by atoms with van der Waals surface area (Å²) in [6.07, 6.45) is 2.22. The Morgan fingerprint density at radius 2 is 2.04 bits per heavy atom. The number of aromatic amines is 1. The van der Waals surface area contributed by atoms with Gasteiger partial charge in [-0.15, -0.1) is 5.11 Å². The van der Waals surface area contributed by atoms with Crippen LogP contribution in [-0.2, 0) is 4.74 Å². The molecule has 0 bridgehead atoms. The normalized spacial score (nSPS) is 16.7. The topological polar surface area (TPSA) is 99.1 Å². The summed E-state index contributed by atoms with van der Waals surface area (Å²) < 4.78 is 5.56. The highest BCUT2D eigenvalue weighted by Crippen LogP contribution is 2.42. The predicted molar refractivity (Wildman–Crippen MR) is 108 cm³/mol. The average Bonchev–Trinajstić information content (AvgIpc) is 2.65. The van der Waals surface area contributed by atoms with Gasteiger partial charge in [0.1, 0.15) is 17.3 Å². The molecule has 1 N–H and O–H groups in total. The molecule has 2 aromatic heterocycles. The van der Waals surface area contributed by atoms with Crippen LogP contribution in [0.25, 0.3) is 10.9 Å². The number of nitrogens with zero attached hydrogens (tertiary/aromatic N) is 3. The van der Waals surface area contributed by atoms with Crippen molar-refractivity contribution in [3.05, 3.63) is 33.9 Å². The first-order valence-electron chi connectivity index (χ1n) is 8.77. The van der Waals surface area contributed by atoms with Crippen molar-refractivity contribution in [3.63, 3.8) is 0 Å². The first-order chi connectivity index (χ1) is 13.1. The van der Waals surface area contributed by atoms with E-state index >= 15 is 0 Å². The van der Waals surface area contributed by atoms with E-state index in [4.69, 9.17) is 28.3 Å². The number of Topliss-reactive ketones (excluding diaryl/α,β-unsaturated/α-hetero) is 1. The number of rotatable bonds is 4. The minimum absolute atomic E-state index is 0.0300. The van der Waals surface area contributed by atoms with Crippen molar-refractivity contribution >= 4 is 45.9 Å². The molecule has 0 aliphatic carbocycles. The van der Waals surface area contributed by atoms with Crippen LogP contribution in [0, 0.1) is 11.3 Å². The van der Waals surface area contributed by atoms with Gasteiger partial charge in [0.05, 0.1) is 46.5 Å². The van der Waals surface area contributed by atoms with Gasteiger partial charge in [-0.05, 0) is 18.9 Å². The molecular formula is C18H17B3N4O3. The molecular weight excluding hydrogens is 353 g/mol. The lowest BCUT2D eigenvalue weighted by Gasteiger charge is -2.50. The number of ketones is 1.